The lowest BCUT2D eigenvalue weighted by atomic mass is 9.83. The summed E-state index contributed by atoms with van der Waals surface area (Å²) in [4.78, 5) is 30.6. The van der Waals surface area contributed by atoms with Crippen molar-refractivity contribution < 1.29 is 14.0 Å². The Balaban J connectivity index is 1.52. The summed E-state index contributed by atoms with van der Waals surface area (Å²) in [5, 5.41) is 4.34. The molecule has 0 radical (unpaired) electrons. The molecule has 0 saturated heterocycles. The molecule has 1 atom stereocenters. The first kappa shape index (κ1) is 24.4. The maximum Gasteiger partial charge on any atom is 0.272 e. The molecule has 1 N–H and O–H groups in total. The predicted octanol–water partition coefficient (Wildman–Crippen LogP) is 6.17. The largest absolute Gasteiger partial charge is 0.351 e. The minimum Gasteiger partial charge on any atom is -0.351 e. The van der Waals surface area contributed by atoms with Crippen molar-refractivity contribution in [2.75, 3.05) is 0 Å². The summed E-state index contributed by atoms with van der Waals surface area (Å²) in [6.07, 6.45) is 6.44. The quantitative estimate of drug-likeness (QED) is 0.327. The molecule has 4 aromatic rings. The number of para-hydroxylation sites is 1. The Bertz CT molecular complexity index is 1460. The first-order valence-electron chi connectivity index (χ1n) is 13.6. The maximum atomic E-state index is 14.6. The molecule has 2 heterocycles. The highest BCUT2D eigenvalue weighted by molar-refractivity contribution is 6.04. The first-order chi connectivity index (χ1) is 18.6. The highest BCUT2D eigenvalue weighted by Gasteiger charge is 2.52. The van der Waals surface area contributed by atoms with Gasteiger partial charge in [-0.15, -0.1) is 0 Å². The molecule has 38 heavy (non-hydrogen) atoms. The first-order valence-corrected chi connectivity index (χ1v) is 13.6. The second-order valence-corrected chi connectivity index (χ2v) is 10.6. The van der Waals surface area contributed by atoms with Crippen molar-refractivity contribution in [2.45, 2.75) is 63.2 Å². The Morgan fingerprint density at radius 2 is 1.58 bits per heavy atom. The lowest BCUT2D eigenvalue weighted by molar-refractivity contribution is -0.136. The normalized spacial score (nSPS) is 20.2. The zero-order chi connectivity index (χ0) is 26.1. The maximum absolute atomic E-state index is 14.6. The molecule has 5 nitrogen and oxygen atoms in total. The average Bonchev–Trinajstić information content (AvgIpc) is 3.11. The van der Waals surface area contributed by atoms with Gasteiger partial charge >= 0.3 is 0 Å². The second-order valence-electron chi connectivity index (χ2n) is 10.6. The molecule has 0 spiro atoms. The SMILES string of the molecule is O=C1c2cc3ccccc3n2C[C@](C(=O)NC2CCCCCC2)(c2ccccc2)N1Cc1ccc(F)cc1. The van der Waals surface area contributed by atoms with E-state index < -0.39 is 5.54 Å². The van der Waals surface area contributed by atoms with Gasteiger partial charge in [-0.25, -0.2) is 4.39 Å². The number of hydrogen-bond donors (Lipinski definition) is 1. The van der Waals surface area contributed by atoms with Gasteiger partial charge in [-0.2, -0.15) is 0 Å². The van der Waals surface area contributed by atoms with Gasteiger partial charge in [0.25, 0.3) is 11.8 Å². The molecule has 0 unspecified atom stereocenters. The van der Waals surface area contributed by atoms with E-state index in [1.807, 2.05) is 65.2 Å². The van der Waals surface area contributed by atoms with E-state index >= 15 is 0 Å². The van der Waals surface area contributed by atoms with Crippen LogP contribution in [0.4, 0.5) is 4.39 Å². The molecule has 1 saturated carbocycles. The van der Waals surface area contributed by atoms with Crippen LogP contribution < -0.4 is 5.32 Å². The summed E-state index contributed by atoms with van der Waals surface area (Å²) in [5.41, 5.74) is 1.76. The van der Waals surface area contributed by atoms with E-state index in [1.54, 1.807) is 17.0 Å². The van der Waals surface area contributed by atoms with Gasteiger partial charge in [0.1, 0.15) is 11.5 Å². The van der Waals surface area contributed by atoms with Crippen LogP contribution in [0.1, 0.15) is 60.1 Å². The van der Waals surface area contributed by atoms with Gasteiger partial charge in [-0.05, 0) is 48.2 Å². The van der Waals surface area contributed by atoms with Crippen LogP contribution in [0, 0.1) is 5.82 Å². The van der Waals surface area contributed by atoms with Crippen molar-refractivity contribution in [3.05, 3.63) is 108 Å². The van der Waals surface area contributed by atoms with Crippen LogP contribution in [0.25, 0.3) is 10.9 Å². The number of rotatable bonds is 5. The van der Waals surface area contributed by atoms with E-state index in [-0.39, 0.29) is 30.2 Å². The number of halogens is 1. The molecule has 3 aromatic carbocycles. The molecule has 194 valence electrons. The Morgan fingerprint density at radius 1 is 0.895 bits per heavy atom. The van der Waals surface area contributed by atoms with Crippen molar-refractivity contribution >= 4 is 22.7 Å². The van der Waals surface area contributed by atoms with Gasteiger partial charge in [0, 0.05) is 23.5 Å². The van der Waals surface area contributed by atoms with Crippen LogP contribution in [0.15, 0.2) is 84.9 Å². The average molecular weight is 510 g/mol. The zero-order valence-corrected chi connectivity index (χ0v) is 21.4. The molecule has 2 aliphatic rings. The molecular formula is C32H32FN3O2. The Hall–Kier alpha value is -3.93. The van der Waals surface area contributed by atoms with E-state index in [0.717, 1.165) is 47.7 Å². The second kappa shape index (κ2) is 10.1. The fourth-order valence-electron chi connectivity index (χ4n) is 6.18. The van der Waals surface area contributed by atoms with E-state index in [4.69, 9.17) is 0 Å². The van der Waals surface area contributed by atoms with Gasteiger partial charge in [0.2, 0.25) is 0 Å². The van der Waals surface area contributed by atoms with Crippen molar-refractivity contribution in [3.8, 4) is 0 Å². The molecule has 6 rings (SSSR count). The van der Waals surface area contributed by atoms with Gasteiger partial charge in [0.15, 0.2) is 5.54 Å². The minimum absolute atomic E-state index is 0.0798. The number of hydrogen-bond acceptors (Lipinski definition) is 2. The molecule has 1 aliphatic carbocycles. The Kier molecular flexibility index (Phi) is 6.48. The highest BCUT2D eigenvalue weighted by atomic mass is 19.1. The third-order valence-corrected chi connectivity index (χ3v) is 8.19. The topological polar surface area (TPSA) is 54.3 Å². The van der Waals surface area contributed by atoms with Gasteiger partial charge in [0.05, 0.1) is 6.54 Å². The number of nitrogens with zero attached hydrogens (tertiary/aromatic N) is 2. The molecule has 6 heteroatoms. The van der Waals surface area contributed by atoms with Crippen molar-refractivity contribution in [2.24, 2.45) is 0 Å². The fraction of sp³-hybridized carbons (Fsp3) is 0.312. The fourth-order valence-corrected chi connectivity index (χ4v) is 6.18. The lowest BCUT2D eigenvalue weighted by Crippen LogP contribution is -2.63. The zero-order valence-electron chi connectivity index (χ0n) is 21.4. The van der Waals surface area contributed by atoms with Crippen LogP contribution in [0.2, 0.25) is 0 Å². The van der Waals surface area contributed by atoms with Crippen LogP contribution in [0.5, 0.6) is 0 Å². The Morgan fingerprint density at radius 3 is 2.32 bits per heavy atom. The Labute approximate surface area is 222 Å². The summed E-state index contributed by atoms with van der Waals surface area (Å²) >= 11 is 0. The third-order valence-electron chi connectivity index (χ3n) is 8.19. The molecule has 1 aromatic heterocycles. The van der Waals surface area contributed by atoms with Crippen LogP contribution >= 0.6 is 0 Å². The summed E-state index contributed by atoms with van der Waals surface area (Å²) in [7, 11) is 0. The van der Waals surface area contributed by atoms with Crippen molar-refractivity contribution in [3.63, 3.8) is 0 Å². The monoisotopic (exact) mass is 509 g/mol. The van der Waals surface area contributed by atoms with E-state index in [1.165, 1.54) is 25.0 Å². The summed E-state index contributed by atoms with van der Waals surface area (Å²) in [5.74, 6) is -0.703. The van der Waals surface area contributed by atoms with Gasteiger partial charge in [-0.1, -0.05) is 86.3 Å². The van der Waals surface area contributed by atoms with Gasteiger partial charge < -0.3 is 14.8 Å². The number of fused-ring (bicyclic) bond motifs is 3. The van der Waals surface area contributed by atoms with Crippen molar-refractivity contribution in [1.82, 2.24) is 14.8 Å². The minimum atomic E-state index is -1.27. The number of carbonyl (C=O) groups excluding carboxylic acids is 2. The van der Waals surface area contributed by atoms with Crippen LogP contribution in [-0.2, 0) is 23.4 Å². The molecule has 1 aliphatic heterocycles. The van der Waals surface area contributed by atoms with E-state index in [2.05, 4.69) is 5.32 Å². The summed E-state index contributed by atoms with van der Waals surface area (Å²) in [6.45, 7) is 0.485. The molecule has 1 fully saturated rings. The molecular weight excluding hydrogens is 477 g/mol. The van der Waals surface area contributed by atoms with Crippen LogP contribution in [-0.4, -0.2) is 27.3 Å². The predicted molar refractivity (Wildman–Crippen MR) is 146 cm³/mol. The molecule has 2 amide bonds. The van der Waals surface area contributed by atoms with Crippen molar-refractivity contribution in [1.29, 1.82) is 0 Å². The summed E-state index contributed by atoms with van der Waals surface area (Å²) < 4.78 is 15.7. The lowest BCUT2D eigenvalue weighted by Gasteiger charge is -2.47. The summed E-state index contributed by atoms with van der Waals surface area (Å²) in [6, 6.07) is 25.7. The van der Waals surface area contributed by atoms with Crippen LogP contribution in [0.3, 0.4) is 0 Å². The third kappa shape index (κ3) is 4.28. The van der Waals surface area contributed by atoms with E-state index in [0.29, 0.717) is 12.2 Å². The molecule has 0 bridgehead atoms. The number of carbonyl (C=O) groups is 2. The standard InChI is InChI=1S/C32H32FN3O2/c33-26-18-16-23(17-19-26)21-36-30(37)29-20-24-10-8-9-15-28(24)35(29)22-32(36,25-11-4-3-5-12-25)31(38)34-27-13-6-1-2-7-14-27/h3-5,8-12,15-20,27H,1-2,6-7,13-14,21-22H2,(H,34,38)/t32-/m1/s1. The number of benzene rings is 3. The van der Waals surface area contributed by atoms with Gasteiger partial charge in [-0.3, -0.25) is 9.59 Å². The number of aromatic nitrogens is 1. The van der Waals surface area contributed by atoms with E-state index in [9.17, 15) is 14.0 Å². The highest BCUT2D eigenvalue weighted by Crippen LogP contribution is 2.40. The smallest absolute Gasteiger partial charge is 0.272 e. The number of amides is 2. The number of nitrogens with one attached hydrogen (secondary N) is 1.